The lowest BCUT2D eigenvalue weighted by Crippen LogP contribution is -2.05. The minimum Gasteiger partial charge on any atom is -0.301 e. The summed E-state index contributed by atoms with van der Waals surface area (Å²) in [5, 5.41) is 4.87. The number of benzene rings is 1. The Hall–Kier alpha value is -1.82. The molecule has 0 radical (unpaired) electrons. The van der Waals surface area contributed by atoms with Crippen molar-refractivity contribution in [1.82, 2.24) is 10.2 Å². The number of sulfone groups is 1. The van der Waals surface area contributed by atoms with Gasteiger partial charge in [-0.2, -0.15) is 0 Å². The molecule has 0 amide bonds. The van der Waals surface area contributed by atoms with Crippen LogP contribution in [0.4, 0.5) is 0 Å². The molecule has 0 atom stereocenters. The molecular formula is C13H16N2O3S. The molecule has 0 aliphatic carbocycles. The van der Waals surface area contributed by atoms with E-state index < -0.39 is 9.84 Å². The van der Waals surface area contributed by atoms with Crippen LogP contribution in [0.15, 0.2) is 40.0 Å². The van der Waals surface area contributed by atoms with Crippen LogP contribution in [0, 0.1) is 0 Å². The van der Waals surface area contributed by atoms with E-state index in [2.05, 4.69) is 10.2 Å². The average molecular weight is 280 g/mol. The standard InChI is InChI=1S/C13H16N2O3S/c1-9(2)10-3-5-12(6-4-10)19(17,18)8-11-7-13(16)15-14-11/h3-7,9H,8H2,1-2H3,(H2,14,15,16). The Kier molecular flexibility index (Phi) is 3.61. The molecule has 0 saturated carbocycles. The number of nitrogens with one attached hydrogen (secondary N) is 2. The molecule has 1 aromatic carbocycles. The summed E-state index contributed by atoms with van der Waals surface area (Å²) in [6, 6.07) is 8.10. The fourth-order valence-corrected chi connectivity index (χ4v) is 3.08. The molecule has 0 spiro atoms. The van der Waals surface area contributed by atoms with E-state index in [4.69, 9.17) is 0 Å². The van der Waals surface area contributed by atoms with Crippen LogP contribution in [0.25, 0.3) is 0 Å². The van der Waals surface area contributed by atoms with Crippen LogP contribution in [0.1, 0.15) is 31.0 Å². The molecule has 0 saturated heterocycles. The summed E-state index contributed by atoms with van der Waals surface area (Å²) < 4.78 is 24.3. The van der Waals surface area contributed by atoms with Gasteiger partial charge in [-0.15, -0.1) is 0 Å². The first kappa shape index (κ1) is 13.6. The molecular weight excluding hydrogens is 264 g/mol. The second kappa shape index (κ2) is 5.05. The van der Waals surface area contributed by atoms with Crippen LogP contribution in [0.3, 0.4) is 0 Å². The van der Waals surface area contributed by atoms with E-state index in [1.807, 2.05) is 26.0 Å². The molecule has 0 aliphatic rings. The summed E-state index contributed by atoms with van der Waals surface area (Å²) in [6.07, 6.45) is 0. The summed E-state index contributed by atoms with van der Waals surface area (Å²) in [5.41, 5.74) is 1.12. The van der Waals surface area contributed by atoms with Crippen LogP contribution >= 0.6 is 0 Å². The predicted molar refractivity (Wildman–Crippen MR) is 72.8 cm³/mol. The van der Waals surface area contributed by atoms with Gasteiger partial charge in [-0.1, -0.05) is 26.0 Å². The Labute approximate surface area is 111 Å². The number of rotatable bonds is 4. The first-order valence-corrected chi connectivity index (χ1v) is 7.63. The lowest BCUT2D eigenvalue weighted by molar-refractivity contribution is 0.594. The van der Waals surface area contributed by atoms with Gasteiger partial charge in [-0.3, -0.25) is 9.89 Å². The highest BCUT2D eigenvalue weighted by Gasteiger charge is 2.16. The third-order valence-corrected chi connectivity index (χ3v) is 4.58. The molecule has 2 N–H and O–H groups in total. The van der Waals surface area contributed by atoms with E-state index in [0.717, 1.165) is 5.56 Å². The van der Waals surface area contributed by atoms with E-state index >= 15 is 0 Å². The highest BCUT2D eigenvalue weighted by atomic mass is 32.2. The second-order valence-corrected chi connectivity index (χ2v) is 6.76. The van der Waals surface area contributed by atoms with Crippen molar-refractivity contribution in [3.8, 4) is 0 Å². The highest BCUT2D eigenvalue weighted by Crippen LogP contribution is 2.19. The van der Waals surface area contributed by atoms with Crippen molar-refractivity contribution in [3.05, 3.63) is 51.9 Å². The lowest BCUT2D eigenvalue weighted by Gasteiger charge is -2.07. The lowest BCUT2D eigenvalue weighted by atomic mass is 10.0. The van der Waals surface area contributed by atoms with Crippen molar-refractivity contribution in [1.29, 1.82) is 0 Å². The molecule has 1 heterocycles. The largest absolute Gasteiger partial charge is 0.301 e. The summed E-state index contributed by atoms with van der Waals surface area (Å²) in [7, 11) is -3.43. The summed E-state index contributed by atoms with van der Waals surface area (Å²) in [5.74, 6) is 0.144. The zero-order valence-electron chi connectivity index (χ0n) is 10.8. The van der Waals surface area contributed by atoms with Crippen LogP contribution in [0.5, 0.6) is 0 Å². The summed E-state index contributed by atoms with van der Waals surface area (Å²) in [4.78, 5) is 11.2. The monoisotopic (exact) mass is 280 g/mol. The van der Waals surface area contributed by atoms with Crippen molar-refractivity contribution in [2.75, 3.05) is 0 Å². The van der Waals surface area contributed by atoms with Crippen molar-refractivity contribution in [2.24, 2.45) is 0 Å². The molecule has 0 bridgehead atoms. The van der Waals surface area contributed by atoms with E-state index in [1.54, 1.807) is 12.1 Å². The van der Waals surface area contributed by atoms with E-state index in [0.29, 0.717) is 11.6 Å². The Morgan fingerprint density at radius 1 is 1.11 bits per heavy atom. The quantitative estimate of drug-likeness (QED) is 0.895. The zero-order valence-corrected chi connectivity index (χ0v) is 11.6. The normalized spacial score (nSPS) is 11.9. The highest BCUT2D eigenvalue weighted by molar-refractivity contribution is 7.90. The van der Waals surface area contributed by atoms with Gasteiger partial charge in [0, 0.05) is 6.07 Å². The van der Waals surface area contributed by atoms with Crippen LogP contribution in [-0.4, -0.2) is 18.6 Å². The average Bonchev–Trinajstić information content (AvgIpc) is 2.74. The first-order chi connectivity index (χ1) is 8.88. The molecule has 0 aliphatic heterocycles. The van der Waals surface area contributed by atoms with Gasteiger partial charge in [-0.25, -0.2) is 8.42 Å². The minimum absolute atomic E-state index is 0.216. The van der Waals surface area contributed by atoms with Crippen LogP contribution in [-0.2, 0) is 15.6 Å². The number of hydrogen-bond donors (Lipinski definition) is 2. The second-order valence-electron chi connectivity index (χ2n) is 4.77. The third kappa shape index (κ3) is 3.14. The smallest absolute Gasteiger partial charge is 0.264 e. The molecule has 5 nitrogen and oxygen atoms in total. The van der Waals surface area contributed by atoms with Crippen molar-refractivity contribution in [3.63, 3.8) is 0 Å². The van der Waals surface area contributed by atoms with E-state index in [9.17, 15) is 13.2 Å². The van der Waals surface area contributed by atoms with Crippen molar-refractivity contribution >= 4 is 9.84 Å². The van der Waals surface area contributed by atoms with E-state index in [-0.39, 0.29) is 16.2 Å². The maximum absolute atomic E-state index is 12.2. The zero-order chi connectivity index (χ0) is 14.0. The Balaban J connectivity index is 2.26. The maximum Gasteiger partial charge on any atom is 0.264 e. The number of aromatic amines is 2. The minimum atomic E-state index is -3.43. The Bertz CT molecular complexity index is 709. The van der Waals surface area contributed by atoms with Crippen LogP contribution in [0.2, 0.25) is 0 Å². The topological polar surface area (TPSA) is 82.8 Å². The molecule has 2 rings (SSSR count). The number of H-pyrrole nitrogens is 2. The molecule has 6 heteroatoms. The molecule has 19 heavy (non-hydrogen) atoms. The molecule has 1 aromatic heterocycles. The first-order valence-electron chi connectivity index (χ1n) is 5.98. The summed E-state index contributed by atoms with van der Waals surface area (Å²) in [6.45, 7) is 4.10. The molecule has 0 fully saturated rings. The Morgan fingerprint density at radius 2 is 1.74 bits per heavy atom. The van der Waals surface area contributed by atoms with Crippen molar-refractivity contribution in [2.45, 2.75) is 30.4 Å². The molecule has 102 valence electrons. The number of aromatic nitrogens is 2. The SMILES string of the molecule is CC(C)c1ccc(S(=O)(=O)Cc2cc(=O)[nH][nH]2)cc1. The van der Waals surface area contributed by atoms with Gasteiger partial charge in [0.25, 0.3) is 5.56 Å². The predicted octanol–water partition coefficient (Wildman–Crippen LogP) is 1.80. The molecule has 0 unspecified atom stereocenters. The van der Waals surface area contributed by atoms with E-state index in [1.165, 1.54) is 6.07 Å². The van der Waals surface area contributed by atoms with Gasteiger partial charge >= 0.3 is 0 Å². The van der Waals surface area contributed by atoms with Gasteiger partial charge in [0.15, 0.2) is 9.84 Å². The Morgan fingerprint density at radius 3 is 2.21 bits per heavy atom. The van der Waals surface area contributed by atoms with Crippen LogP contribution < -0.4 is 5.56 Å². The van der Waals surface area contributed by atoms with Gasteiger partial charge in [0.05, 0.1) is 16.3 Å². The molecule has 2 aromatic rings. The van der Waals surface area contributed by atoms with Gasteiger partial charge < -0.3 is 5.10 Å². The maximum atomic E-state index is 12.2. The fourth-order valence-electron chi connectivity index (χ4n) is 1.80. The summed E-state index contributed by atoms with van der Waals surface area (Å²) >= 11 is 0. The number of hydrogen-bond acceptors (Lipinski definition) is 3. The van der Waals surface area contributed by atoms with Crippen molar-refractivity contribution < 1.29 is 8.42 Å². The fraction of sp³-hybridized carbons (Fsp3) is 0.308. The van der Waals surface area contributed by atoms with Gasteiger partial charge in [0.2, 0.25) is 0 Å². The van der Waals surface area contributed by atoms with Gasteiger partial charge in [-0.05, 0) is 23.6 Å². The van der Waals surface area contributed by atoms with Gasteiger partial charge in [0.1, 0.15) is 0 Å². The third-order valence-electron chi connectivity index (χ3n) is 2.90.